The molecule has 0 saturated heterocycles. The van der Waals surface area contributed by atoms with Crippen molar-refractivity contribution in [2.24, 2.45) is 0 Å². The molecule has 0 bridgehead atoms. The Morgan fingerprint density at radius 1 is 1.60 bits per heavy atom. The molecule has 0 unspecified atom stereocenters. The molecule has 0 aliphatic carbocycles. The summed E-state index contributed by atoms with van der Waals surface area (Å²) in [6, 6.07) is 0. The van der Waals surface area contributed by atoms with Crippen LogP contribution in [-0.4, -0.2) is 13.1 Å². The van der Waals surface area contributed by atoms with E-state index in [1.165, 1.54) is 8.05 Å². The first-order valence-corrected chi connectivity index (χ1v) is 1.95. The van der Waals surface area contributed by atoms with Crippen molar-refractivity contribution in [1.29, 1.82) is 0 Å². The van der Waals surface area contributed by atoms with Gasteiger partial charge in [-0.15, -0.1) is 0 Å². The van der Waals surface area contributed by atoms with Crippen LogP contribution in [0.3, 0.4) is 0 Å². The molecule has 0 aromatic heterocycles. The largest absolute Gasteiger partial charge is 0.418 e. The number of alkyl halides is 2. The maximum Gasteiger partial charge on any atom is 0.260 e. The second kappa shape index (κ2) is 2.82. The molecule has 0 aliphatic rings. The summed E-state index contributed by atoms with van der Waals surface area (Å²) in [7, 11) is 1.44. The van der Waals surface area contributed by atoms with Gasteiger partial charge in [-0.1, -0.05) is 23.2 Å². The molecule has 0 amide bonds. The lowest BCUT2D eigenvalue weighted by Gasteiger charge is -1.89. The first-order valence-electron chi connectivity index (χ1n) is 1.08. The highest BCUT2D eigenvalue weighted by molar-refractivity contribution is 6.44. The average Bonchev–Trinajstić information content (AvgIpc) is 1.38. The predicted octanol–water partition coefficient (Wildman–Crippen LogP) is 0.312. The van der Waals surface area contributed by atoms with E-state index in [4.69, 9.17) is 23.2 Å². The molecule has 0 fully saturated rings. The standard InChI is InChI=1S/CH3BCl2O/c2-5-1(3)4/h1H,2H2. The fourth-order valence-electron chi connectivity index (χ4n) is 0. The molecule has 5 heavy (non-hydrogen) atoms. The first kappa shape index (κ1) is 5.60. The van der Waals surface area contributed by atoms with Crippen molar-refractivity contribution in [3.05, 3.63) is 0 Å². The third-order valence-electron chi connectivity index (χ3n) is 0.178. The summed E-state index contributed by atoms with van der Waals surface area (Å²) >= 11 is 10.0. The Morgan fingerprint density at radius 3 is 1.80 bits per heavy atom. The van der Waals surface area contributed by atoms with Gasteiger partial charge in [0.25, 0.3) is 8.05 Å². The number of halogens is 2. The van der Waals surface area contributed by atoms with Crippen molar-refractivity contribution in [2.45, 2.75) is 5.02 Å². The monoisotopic (exact) mass is 112 g/mol. The van der Waals surface area contributed by atoms with E-state index in [0.29, 0.717) is 0 Å². The van der Waals surface area contributed by atoms with Crippen LogP contribution in [0.4, 0.5) is 0 Å². The number of rotatable bonds is 1. The minimum absolute atomic E-state index is 0.671. The van der Waals surface area contributed by atoms with E-state index >= 15 is 0 Å². The maximum atomic E-state index is 5.01. The van der Waals surface area contributed by atoms with Gasteiger partial charge < -0.3 is 4.65 Å². The van der Waals surface area contributed by atoms with Gasteiger partial charge in [0.15, 0.2) is 5.02 Å². The summed E-state index contributed by atoms with van der Waals surface area (Å²) in [6.07, 6.45) is 0. The molecule has 0 N–H and O–H groups in total. The SMILES string of the molecule is BOC(Cl)Cl. The number of hydrogen-bond donors (Lipinski definition) is 0. The molecular weight excluding hydrogens is 110 g/mol. The van der Waals surface area contributed by atoms with Gasteiger partial charge in [-0.05, 0) is 0 Å². The van der Waals surface area contributed by atoms with Crippen LogP contribution < -0.4 is 0 Å². The Hall–Kier alpha value is 0.605. The number of hydrogen-bond acceptors (Lipinski definition) is 1. The van der Waals surface area contributed by atoms with Crippen LogP contribution >= 0.6 is 23.2 Å². The van der Waals surface area contributed by atoms with Gasteiger partial charge in [-0.3, -0.25) is 0 Å². The fourth-order valence-corrected chi connectivity index (χ4v) is 0. The summed E-state index contributed by atoms with van der Waals surface area (Å²) in [5.41, 5.74) is 0. The molecule has 0 aromatic rings. The zero-order valence-electron chi connectivity index (χ0n) is 2.74. The van der Waals surface area contributed by atoms with Crippen LogP contribution in [0.15, 0.2) is 0 Å². The van der Waals surface area contributed by atoms with E-state index < -0.39 is 5.02 Å². The summed E-state index contributed by atoms with van der Waals surface area (Å²) in [6.45, 7) is 0. The van der Waals surface area contributed by atoms with Crippen LogP contribution in [-0.2, 0) is 4.65 Å². The van der Waals surface area contributed by atoms with Gasteiger partial charge in [0, 0.05) is 0 Å². The van der Waals surface area contributed by atoms with E-state index in [-0.39, 0.29) is 0 Å². The summed E-state index contributed by atoms with van der Waals surface area (Å²) < 4.78 is 4.28. The molecule has 0 saturated carbocycles. The van der Waals surface area contributed by atoms with Crippen molar-refractivity contribution in [1.82, 2.24) is 0 Å². The van der Waals surface area contributed by atoms with Crippen LogP contribution in [0.1, 0.15) is 0 Å². The van der Waals surface area contributed by atoms with Crippen molar-refractivity contribution in [3.63, 3.8) is 0 Å². The molecule has 0 radical (unpaired) electrons. The lowest BCUT2D eigenvalue weighted by Crippen LogP contribution is -1.87. The quantitative estimate of drug-likeness (QED) is 0.351. The van der Waals surface area contributed by atoms with Crippen LogP contribution in [0.2, 0.25) is 0 Å². The Morgan fingerprint density at radius 2 is 1.80 bits per heavy atom. The highest BCUT2D eigenvalue weighted by atomic mass is 35.5. The maximum absolute atomic E-state index is 5.01. The Balaban J connectivity index is 2.54. The van der Waals surface area contributed by atoms with Crippen molar-refractivity contribution < 1.29 is 4.65 Å². The second-order valence-electron chi connectivity index (χ2n) is 0.496. The molecule has 0 rings (SSSR count). The zero-order chi connectivity index (χ0) is 4.28. The Labute approximate surface area is 41.6 Å². The lowest BCUT2D eigenvalue weighted by molar-refractivity contribution is 0.392. The summed E-state index contributed by atoms with van der Waals surface area (Å²) in [4.78, 5) is 0. The third-order valence-corrected chi connectivity index (χ3v) is 0.535. The summed E-state index contributed by atoms with van der Waals surface area (Å²) in [5, 5.41) is -0.671. The molecule has 0 spiro atoms. The Bertz CT molecular complexity index is 23.6. The molecule has 0 aromatic carbocycles. The van der Waals surface area contributed by atoms with Gasteiger partial charge in [-0.25, -0.2) is 0 Å². The van der Waals surface area contributed by atoms with E-state index in [0.717, 1.165) is 0 Å². The smallest absolute Gasteiger partial charge is 0.260 e. The second-order valence-corrected chi connectivity index (χ2v) is 1.51. The van der Waals surface area contributed by atoms with E-state index in [2.05, 4.69) is 4.65 Å². The Kier molecular flexibility index (Phi) is 3.16. The molecule has 4 heteroatoms. The van der Waals surface area contributed by atoms with Gasteiger partial charge in [0.05, 0.1) is 0 Å². The minimum atomic E-state index is -0.671. The molecule has 0 heterocycles. The fraction of sp³-hybridized carbons (Fsp3) is 1.00. The molecule has 0 aliphatic heterocycles. The van der Waals surface area contributed by atoms with Crippen LogP contribution in [0, 0.1) is 0 Å². The van der Waals surface area contributed by atoms with Crippen LogP contribution in [0.5, 0.6) is 0 Å². The molecule has 0 atom stereocenters. The lowest BCUT2D eigenvalue weighted by atomic mass is 10.6. The average molecular weight is 113 g/mol. The first-order chi connectivity index (χ1) is 2.27. The third kappa shape index (κ3) is 4.60. The molecule has 1 nitrogen and oxygen atoms in total. The normalized spacial score (nSPS) is 9.40. The summed E-state index contributed by atoms with van der Waals surface area (Å²) in [5.74, 6) is 0. The van der Waals surface area contributed by atoms with Crippen molar-refractivity contribution in [3.8, 4) is 0 Å². The zero-order valence-corrected chi connectivity index (χ0v) is 4.25. The topological polar surface area (TPSA) is 9.23 Å². The van der Waals surface area contributed by atoms with E-state index in [1.807, 2.05) is 0 Å². The van der Waals surface area contributed by atoms with Crippen LogP contribution in [0.25, 0.3) is 0 Å². The minimum Gasteiger partial charge on any atom is -0.418 e. The van der Waals surface area contributed by atoms with Gasteiger partial charge in [0.1, 0.15) is 0 Å². The van der Waals surface area contributed by atoms with Gasteiger partial charge >= 0.3 is 0 Å². The van der Waals surface area contributed by atoms with Crippen molar-refractivity contribution >= 4 is 31.3 Å². The van der Waals surface area contributed by atoms with Crippen molar-refractivity contribution in [2.75, 3.05) is 0 Å². The van der Waals surface area contributed by atoms with Gasteiger partial charge in [0.2, 0.25) is 0 Å². The predicted molar refractivity (Wildman–Crippen MR) is 25.1 cm³/mol. The van der Waals surface area contributed by atoms with Gasteiger partial charge in [-0.2, -0.15) is 0 Å². The molecule has 30 valence electrons. The highest BCUT2D eigenvalue weighted by Crippen LogP contribution is 1.97. The van der Waals surface area contributed by atoms with E-state index in [1.54, 1.807) is 0 Å². The molecular formula is CH3BCl2O. The highest BCUT2D eigenvalue weighted by Gasteiger charge is 1.85. The van der Waals surface area contributed by atoms with E-state index in [9.17, 15) is 0 Å².